The minimum absolute atomic E-state index is 0.126. The summed E-state index contributed by atoms with van der Waals surface area (Å²) in [5.41, 5.74) is 0.684. The van der Waals surface area contributed by atoms with Crippen LogP contribution in [0.15, 0.2) is 24.3 Å². The molecule has 0 saturated carbocycles. The van der Waals surface area contributed by atoms with Crippen molar-refractivity contribution < 1.29 is 17.8 Å². The van der Waals surface area contributed by atoms with Crippen molar-refractivity contribution in [2.45, 2.75) is 5.92 Å². The van der Waals surface area contributed by atoms with Crippen LogP contribution in [0.1, 0.15) is 11.5 Å². The maximum absolute atomic E-state index is 11.2. The molecule has 0 aliphatic rings. The summed E-state index contributed by atoms with van der Waals surface area (Å²) in [7, 11) is -4.13. The quantitative estimate of drug-likeness (QED) is 0.813. The maximum Gasteiger partial charge on any atom is 0.278 e. The average Bonchev–Trinajstić information content (AvgIpc) is 2.33. The molecule has 5 nitrogen and oxygen atoms in total. The number of hydrogen-bond acceptors (Lipinski definition) is 4. The largest absolute Gasteiger partial charge is 0.346 e. The third-order valence-electron chi connectivity index (χ3n) is 2.43. The lowest BCUT2D eigenvalue weighted by Crippen LogP contribution is -2.28. The Kier molecular flexibility index (Phi) is 6.12. The van der Waals surface area contributed by atoms with Gasteiger partial charge in [-0.25, -0.2) is 0 Å². The number of nitrogens with one attached hydrogen (secondary N) is 1. The number of thioether (sulfide) groups is 1. The van der Waals surface area contributed by atoms with Gasteiger partial charge >= 0.3 is 0 Å². The Bertz CT molecular complexity index is 530. The Morgan fingerprint density at radius 1 is 1.42 bits per heavy atom. The summed E-state index contributed by atoms with van der Waals surface area (Å²) in [4.78, 5) is 11.2. The first-order valence-electron chi connectivity index (χ1n) is 5.34. The highest BCUT2D eigenvalue weighted by atomic mass is 35.5. The SMILES string of the molecule is CSC(=O)NCC(CS(=O)(=O)O)c1ccc(Cl)cc1. The van der Waals surface area contributed by atoms with E-state index >= 15 is 0 Å². The van der Waals surface area contributed by atoms with Crippen LogP contribution in [0.2, 0.25) is 5.02 Å². The number of carbonyl (C=O) groups excluding carboxylic acids is 1. The van der Waals surface area contributed by atoms with Crippen LogP contribution in [0.5, 0.6) is 0 Å². The lowest BCUT2D eigenvalue weighted by Gasteiger charge is -2.16. The summed E-state index contributed by atoms with van der Waals surface area (Å²) < 4.78 is 31.0. The van der Waals surface area contributed by atoms with Crippen molar-refractivity contribution in [1.82, 2.24) is 5.32 Å². The fourth-order valence-corrected chi connectivity index (χ4v) is 2.71. The molecule has 0 aromatic heterocycles. The summed E-state index contributed by atoms with van der Waals surface area (Å²) in [6, 6.07) is 6.60. The van der Waals surface area contributed by atoms with Crippen LogP contribution in [-0.4, -0.2) is 36.8 Å². The summed E-state index contributed by atoms with van der Waals surface area (Å²) >= 11 is 6.76. The standard InChI is InChI=1S/C11H14ClNO4S2/c1-18-11(14)13-6-9(7-19(15,16)17)8-2-4-10(12)5-3-8/h2-5,9H,6-7H2,1H3,(H,13,14)(H,15,16,17). The molecule has 1 unspecified atom stereocenters. The molecule has 0 bridgehead atoms. The Morgan fingerprint density at radius 3 is 2.47 bits per heavy atom. The van der Waals surface area contributed by atoms with E-state index in [-0.39, 0.29) is 11.8 Å². The molecule has 1 rings (SSSR count). The third-order valence-corrected chi connectivity index (χ3v) is 4.02. The van der Waals surface area contributed by atoms with Gasteiger partial charge in [-0.05, 0) is 24.0 Å². The van der Waals surface area contributed by atoms with Gasteiger partial charge in [-0.3, -0.25) is 9.35 Å². The number of rotatable bonds is 5. The molecule has 0 spiro atoms. The molecule has 19 heavy (non-hydrogen) atoms. The van der Waals surface area contributed by atoms with Gasteiger partial charge in [-0.15, -0.1) is 0 Å². The Balaban J connectivity index is 2.85. The van der Waals surface area contributed by atoms with Crippen LogP contribution in [0.4, 0.5) is 4.79 Å². The molecule has 1 amide bonds. The Morgan fingerprint density at radius 2 is 2.00 bits per heavy atom. The molecular formula is C11H14ClNO4S2. The third kappa shape index (κ3) is 6.29. The van der Waals surface area contributed by atoms with Gasteiger partial charge < -0.3 is 5.32 Å². The van der Waals surface area contributed by atoms with Crippen LogP contribution in [-0.2, 0) is 10.1 Å². The molecular weight excluding hydrogens is 310 g/mol. The highest BCUT2D eigenvalue weighted by molar-refractivity contribution is 8.12. The molecule has 2 N–H and O–H groups in total. The molecule has 0 heterocycles. The molecule has 0 saturated heterocycles. The second-order valence-electron chi connectivity index (χ2n) is 3.87. The maximum atomic E-state index is 11.2. The lowest BCUT2D eigenvalue weighted by molar-refractivity contribution is 0.260. The van der Waals surface area contributed by atoms with E-state index in [4.69, 9.17) is 16.2 Å². The first kappa shape index (κ1) is 16.3. The highest BCUT2D eigenvalue weighted by Crippen LogP contribution is 2.20. The molecule has 1 aromatic rings. The van der Waals surface area contributed by atoms with Gasteiger partial charge in [0.2, 0.25) is 0 Å². The van der Waals surface area contributed by atoms with Gasteiger partial charge in [-0.1, -0.05) is 35.5 Å². The van der Waals surface area contributed by atoms with Crippen molar-refractivity contribution in [3.05, 3.63) is 34.9 Å². The van der Waals surface area contributed by atoms with E-state index in [0.29, 0.717) is 10.6 Å². The van der Waals surface area contributed by atoms with Crippen LogP contribution in [0, 0.1) is 0 Å². The fourth-order valence-electron chi connectivity index (χ4n) is 1.54. The van der Waals surface area contributed by atoms with Crippen molar-refractivity contribution in [3.8, 4) is 0 Å². The summed E-state index contributed by atoms with van der Waals surface area (Å²) in [5.74, 6) is -0.980. The molecule has 1 aromatic carbocycles. The van der Waals surface area contributed by atoms with Gasteiger partial charge in [0.05, 0.1) is 5.75 Å². The average molecular weight is 324 g/mol. The lowest BCUT2D eigenvalue weighted by atomic mass is 10.0. The van der Waals surface area contributed by atoms with Crippen molar-refractivity contribution in [3.63, 3.8) is 0 Å². The molecule has 1 atom stereocenters. The predicted octanol–water partition coefficient (Wildman–Crippen LogP) is 2.38. The highest BCUT2D eigenvalue weighted by Gasteiger charge is 2.19. The smallest absolute Gasteiger partial charge is 0.278 e. The van der Waals surface area contributed by atoms with Crippen molar-refractivity contribution in [2.75, 3.05) is 18.6 Å². The molecule has 0 radical (unpaired) electrons. The predicted molar refractivity (Wildman–Crippen MR) is 77.5 cm³/mol. The zero-order valence-corrected chi connectivity index (χ0v) is 12.6. The van der Waals surface area contributed by atoms with E-state index in [1.807, 2.05) is 0 Å². The van der Waals surface area contributed by atoms with E-state index in [1.54, 1.807) is 30.5 Å². The van der Waals surface area contributed by atoms with Crippen molar-refractivity contribution in [2.24, 2.45) is 0 Å². The minimum atomic E-state index is -4.13. The zero-order chi connectivity index (χ0) is 14.5. The van der Waals surface area contributed by atoms with Crippen molar-refractivity contribution >= 4 is 38.7 Å². The molecule has 0 aliphatic carbocycles. The van der Waals surface area contributed by atoms with E-state index in [0.717, 1.165) is 11.8 Å². The van der Waals surface area contributed by atoms with Crippen molar-refractivity contribution in [1.29, 1.82) is 0 Å². The topological polar surface area (TPSA) is 83.5 Å². The van der Waals surface area contributed by atoms with Gasteiger partial charge in [-0.2, -0.15) is 8.42 Å². The van der Waals surface area contributed by atoms with E-state index in [2.05, 4.69) is 5.32 Å². The first-order valence-corrected chi connectivity index (χ1v) is 8.55. The number of carbonyl (C=O) groups is 1. The number of benzene rings is 1. The number of amides is 1. The second kappa shape index (κ2) is 7.14. The summed E-state index contributed by atoms with van der Waals surface area (Å²) in [6.07, 6.45) is 1.62. The molecule has 0 fully saturated rings. The fraction of sp³-hybridized carbons (Fsp3) is 0.364. The summed E-state index contributed by atoms with van der Waals surface area (Å²) in [5, 5.41) is 2.86. The van der Waals surface area contributed by atoms with Crippen LogP contribution in [0.25, 0.3) is 0 Å². The van der Waals surface area contributed by atoms with Crippen LogP contribution >= 0.6 is 23.4 Å². The minimum Gasteiger partial charge on any atom is -0.346 e. The van der Waals surface area contributed by atoms with Gasteiger partial charge in [0.1, 0.15) is 0 Å². The summed E-state index contributed by atoms with van der Waals surface area (Å²) in [6.45, 7) is 0.126. The van der Waals surface area contributed by atoms with Gasteiger partial charge in [0.15, 0.2) is 0 Å². The molecule has 106 valence electrons. The van der Waals surface area contributed by atoms with E-state index in [1.165, 1.54) is 0 Å². The molecule has 8 heteroatoms. The number of hydrogen-bond donors (Lipinski definition) is 2. The molecule has 0 aliphatic heterocycles. The Labute approximate surface area is 121 Å². The second-order valence-corrected chi connectivity index (χ2v) is 6.58. The first-order chi connectivity index (χ1) is 8.81. The van der Waals surface area contributed by atoms with Crippen LogP contribution < -0.4 is 5.32 Å². The number of halogens is 1. The van der Waals surface area contributed by atoms with Gasteiger partial charge in [0.25, 0.3) is 15.4 Å². The van der Waals surface area contributed by atoms with E-state index < -0.39 is 21.8 Å². The zero-order valence-electron chi connectivity index (χ0n) is 10.2. The normalized spacial score (nSPS) is 13.0. The van der Waals surface area contributed by atoms with Gasteiger partial charge in [0, 0.05) is 17.5 Å². The van der Waals surface area contributed by atoms with Crippen LogP contribution in [0.3, 0.4) is 0 Å². The monoisotopic (exact) mass is 323 g/mol. The van der Waals surface area contributed by atoms with E-state index in [9.17, 15) is 13.2 Å². The Hall–Kier alpha value is -0.760.